The number of hydrogen-bond acceptors (Lipinski definition) is 4. The van der Waals surface area contributed by atoms with E-state index in [0.29, 0.717) is 6.04 Å². The van der Waals surface area contributed by atoms with Crippen molar-refractivity contribution in [2.45, 2.75) is 63.8 Å². The van der Waals surface area contributed by atoms with Gasteiger partial charge in [0.25, 0.3) is 0 Å². The first-order valence-corrected chi connectivity index (χ1v) is 11.6. The van der Waals surface area contributed by atoms with Crippen molar-refractivity contribution in [1.29, 1.82) is 0 Å². The minimum atomic E-state index is 0.0293. The molecule has 4 rings (SSSR count). The van der Waals surface area contributed by atoms with Crippen molar-refractivity contribution in [3.05, 3.63) is 15.6 Å². The van der Waals surface area contributed by atoms with Crippen LogP contribution >= 0.6 is 11.3 Å². The van der Waals surface area contributed by atoms with E-state index in [1.54, 1.807) is 19.0 Å². The summed E-state index contributed by atoms with van der Waals surface area (Å²) in [5.74, 6) is 2.47. The van der Waals surface area contributed by atoms with Gasteiger partial charge in [0.2, 0.25) is 5.91 Å². The zero-order valence-electron chi connectivity index (χ0n) is 17.2. The monoisotopic (exact) mass is 403 g/mol. The van der Waals surface area contributed by atoms with E-state index < -0.39 is 0 Å². The number of nitrogens with zero attached hydrogens (tertiary/aromatic N) is 3. The van der Waals surface area contributed by atoms with Crippen LogP contribution < -0.4 is 10.6 Å². The molecular weight excluding hydrogens is 370 g/mol. The first-order valence-electron chi connectivity index (χ1n) is 10.8. The number of nitrogens with one attached hydrogen (secondary N) is 2. The summed E-state index contributed by atoms with van der Waals surface area (Å²) < 4.78 is 0. The second-order valence-corrected chi connectivity index (χ2v) is 9.91. The maximum atomic E-state index is 12.0. The van der Waals surface area contributed by atoms with E-state index in [9.17, 15) is 4.79 Å². The molecule has 2 N–H and O–H groups in total. The molecule has 0 aliphatic heterocycles. The molecular formula is C21H33N5OS. The molecule has 2 saturated carbocycles. The van der Waals surface area contributed by atoms with Crippen LogP contribution in [0.5, 0.6) is 0 Å². The van der Waals surface area contributed by atoms with E-state index in [0.717, 1.165) is 37.2 Å². The molecule has 0 spiro atoms. The third kappa shape index (κ3) is 4.67. The quantitative estimate of drug-likeness (QED) is 0.565. The van der Waals surface area contributed by atoms with Gasteiger partial charge in [-0.2, -0.15) is 0 Å². The van der Waals surface area contributed by atoms with Gasteiger partial charge in [-0.15, -0.1) is 11.3 Å². The Morgan fingerprint density at radius 3 is 2.82 bits per heavy atom. The molecule has 154 valence electrons. The lowest BCUT2D eigenvalue weighted by Crippen LogP contribution is -2.46. The number of likely N-dealkylation sites (N-methyl/N-ethyl adjacent to an activating group) is 1. The fourth-order valence-corrected chi connectivity index (χ4v) is 5.99. The number of rotatable bonds is 6. The van der Waals surface area contributed by atoms with Gasteiger partial charge in [-0.05, 0) is 56.8 Å². The van der Waals surface area contributed by atoms with Crippen LogP contribution in [0, 0.1) is 11.8 Å². The molecule has 1 aromatic heterocycles. The zero-order chi connectivity index (χ0) is 19.5. The number of carbonyl (C=O) groups excluding carboxylic acids is 1. The lowest BCUT2D eigenvalue weighted by Gasteiger charge is -2.25. The maximum absolute atomic E-state index is 12.0. The highest BCUT2D eigenvalue weighted by atomic mass is 32.1. The Hall–Kier alpha value is -1.63. The topological polar surface area (TPSA) is 69.6 Å². The number of aromatic nitrogens is 1. The van der Waals surface area contributed by atoms with Crippen LogP contribution in [-0.4, -0.2) is 55.0 Å². The fourth-order valence-electron chi connectivity index (χ4n) is 4.84. The van der Waals surface area contributed by atoms with E-state index >= 15 is 0 Å². The molecule has 6 nitrogen and oxygen atoms in total. The number of thiazole rings is 1. The fraction of sp³-hybridized carbons (Fsp3) is 0.762. The number of amides is 1. The van der Waals surface area contributed by atoms with Crippen LogP contribution in [0.15, 0.2) is 4.99 Å². The number of aryl methyl sites for hydroxylation is 2. The summed E-state index contributed by atoms with van der Waals surface area (Å²) >= 11 is 1.88. The lowest BCUT2D eigenvalue weighted by atomic mass is 9.95. The molecule has 3 aliphatic rings. The highest BCUT2D eigenvalue weighted by molar-refractivity contribution is 7.11. The molecule has 0 radical (unpaired) electrons. The highest BCUT2D eigenvalue weighted by Crippen LogP contribution is 2.44. The predicted octanol–water partition coefficient (Wildman–Crippen LogP) is 2.38. The summed E-state index contributed by atoms with van der Waals surface area (Å²) in [6.07, 6.45) is 11.1. The van der Waals surface area contributed by atoms with Gasteiger partial charge < -0.3 is 15.5 Å². The van der Waals surface area contributed by atoms with Crippen molar-refractivity contribution in [3.8, 4) is 0 Å². The molecule has 1 amide bonds. The summed E-state index contributed by atoms with van der Waals surface area (Å²) in [6.45, 7) is 0.990. The number of aliphatic imine (C=N–C) groups is 1. The van der Waals surface area contributed by atoms with Crippen molar-refractivity contribution in [3.63, 3.8) is 0 Å². The van der Waals surface area contributed by atoms with Crippen molar-refractivity contribution < 1.29 is 4.79 Å². The third-order valence-electron chi connectivity index (χ3n) is 6.45. The number of hydrogen-bond donors (Lipinski definition) is 2. The van der Waals surface area contributed by atoms with Crippen molar-refractivity contribution in [1.82, 2.24) is 20.5 Å². The molecule has 3 aliphatic carbocycles. The van der Waals surface area contributed by atoms with Gasteiger partial charge in [-0.3, -0.25) is 4.79 Å². The first kappa shape index (κ1) is 19.7. The van der Waals surface area contributed by atoms with Gasteiger partial charge in [-0.1, -0.05) is 6.42 Å². The van der Waals surface area contributed by atoms with Gasteiger partial charge in [0.05, 0.1) is 10.7 Å². The Labute approximate surface area is 172 Å². The molecule has 3 atom stereocenters. The van der Waals surface area contributed by atoms with Crippen LogP contribution in [0.2, 0.25) is 0 Å². The molecule has 2 fully saturated rings. The molecule has 0 saturated heterocycles. The molecule has 28 heavy (non-hydrogen) atoms. The zero-order valence-corrected chi connectivity index (χ0v) is 18.0. The largest absolute Gasteiger partial charge is 0.356 e. The average Bonchev–Trinajstić information content (AvgIpc) is 3.40. The van der Waals surface area contributed by atoms with Crippen LogP contribution in [0.25, 0.3) is 0 Å². The average molecular weight is 404 g/mol. The van der Waals surface area contributed by atoms with Crippen molar-refractivity contribution in [2.75, 3.05) is 27.2 Å². The molecule has 2 bridgehead atoms. The Morgan fingerprint density at radius 1 is 1.25 bits per heavy atom. The SMILES string of the molecule is CN(C)C(=O)CN=C(NCCc1nc2c(s1)CCCC2)NC1CC2CCC1C2. The number of guanidine groups is 1. The van der Waals surface area contributed by atoms with Crippen LogP contribution in [0.3, 0.4) is 0 Å². The molecule has 0 aromatic carbocycles. The second-order valence-electron chi connectivity index (χ2n) is 8.74. The molecule has 3 unspecified atom stereocenters. The Kier molecular flexibility index (Phi) is 6.19. The second kappa shape index (κ2) is 8.80. The number of fused-ring (bicyclic) bond motifs is 3. The first-order chi connectivity index (χ1) is 13.6. The van der Waals surface area contributed by atoms with Crippen LogP contribution in [-0.2, 0) is 24.1 Å². The van der Waals surface area contributed by atoms with E-state index in [4.69, 9.17) is 4.98 Å². The highest BCUT2D eigenvalue weighted by Gasteiger charge is 2.39. The maximum Gasteiger partial charge on any atom is 0.243 e. The van der Waals surface area contributed by atoms with Gasteiger partial charge in [0, 0.05) is 38.0 Å². The van der Waals surface area contributed by atoms with E-state index in [1.807, 2.05) is 11.3 Å². The van der Waals surface area contributed by atoms with Gasteiger partial charge >= 0.3 is 0 Å². The third-order valence-corrected chi connectivity index (χ3v) is 7.67. The number of carbonyl (C=O) groups is 1. The summed E-state index contributed by atoms with van der Waals surface area (Å²) in [6, 6.07) is 0.506. The lowest BCUT2D eigenvalue weighted by molar-refractivity contribution is -0.127. The van der Waals surface area contributed by atoms with Gasteiger partial charge in [-0.25, -0.2) is 9.98 Å². The Morgan fingerprint density at radius 2 is 2.11 bits per heavy atom. The predicted molar refractivity (Wildman–Crippen MR) is 114 cm³/mol. The van der Waals surface area contributed by atoms with Gasteiger partial charge in [0.1, 0.15) is 6.54 Å². The summed E-state index contributed by atoms with van der Waals surface area (Å²) in [5, 5.41) is 8.32. The minimum absolute atomic E-state index is 0.0293. The van der Waals surface area contributed by atoms with E-state index in [1.165, 1.54) is 60.5 Å². The Bertz CT molecular complexity index is 705. The van der Waals surface area contributed by atoms with E-state index in [2.05, 4.69) is 15.6 Å². The minimum Gasteiger partial charge on any atom is -0.356 e. The van der Waals surface area contributed by atoms with Crippen molar-refractivity contribution >= 4 is 23.2 Å². The van der Waals surface area contributed by atoms with Crippen LogP contribution in [0.1, 0.15) is 54.1 Å². The van der Waals surface area contributed by atoms with Crippen LogP contribution in [0.4, 0.5) is 0 Å². The smallest absolute Gasteiger partial charge is 0.243 e. The van der Waals surface area contributed by atoms with Gasteiger partial charge in [0.15, 0.2) is 5.96 Å². The summed E-state index contributed by atoms with van der Waals surface area (Å²) in [4.78, 5) is 24.5. The summed E-state index contributed by atoms with van der Waals surface area (Å²) in [5.41, 5.74) is 1.33. The standard InChI is InChI=1S/C21H33N5OS/c1-26(2)20(27)13-23-21(25-17-12-14-7-8-15(17)11-14)22-10-9-19-24-16-5-3-4-6-18(16)28-19/h14-15,17H,3-13H2,1-2H3,(H2,22,23,25). The van der Waals surface area contributed by atoms with Crippen molar-refractivity contribution in [2.24, 2.45) is 16.8 Å². The summed E-state index contributed by atoms with van der Waals surface area (Å²) in [7, 11) is 3.55. The molecule has 1 heterocycles. The molecule has 7 heteroatoms. The Balaban J connectivity index is 1.33. The normalized spacial score (nSPS) is 26.2. The molecule has 1 aromatic rings. The van der Waals surface area contributed by atoms with E-state index in [-0.39, 0.29) is 12.5 Å².